The van der Waals surface area contributed by atoms with Crippen LogP contribution in [0.3, 0.4) is 0 Å². The SMILES string of the molecule is Cn1ncnc1CC(NN)C1CCc2ccccc2C1. The van der Waals surface area contributed by atoms with E-state index in [1.807, 2.05) is 11.7 Å². The Labute approximate surface area is 119 Å². The second-order valence-corrected chi connectivity index (χ2v) is 5.55. The van der Waals surface area contributed by atoms with Crippen molar-refractivity contribution in [3.8, 4) is 0 Å². The lowest BCUT2D eigenvalue weighted by Gasteiger charge is -2.31. The van der Waals surface area contributed by atoms with Crippen LogP contribution in [0.25, 0.3) is 0 Å². The summed E-state index contributed by atoms with van der Waals surface area (Å²) in [5.41, 5.74) is 5.93. The summed E-state index contributed by atoms with van der Waals surface area (Å²) >= 11 is 0. The summed E-state index contributed by atoms with van der Waals surface area (Å²) in [5, 5.41) is 4.12. The van der Waals surface area contributed by atoms with E-state index in [0.29, 0.717) is 5.92 Å². The van der Waals surface area contributed by atoms with E-state index in [4.69, 9.17) is 5.84 Å². The van der Waals surface area contributed by atoms with E-state index in [2.05, 4.69) is 39.8 Å². The van der Waals surface area contributed by atoms with Gasteiger partial charge in [0, 0.05) is 19.5 Å². The van der Waals surface area contributed by atoms with Crippen LogP contribution in [0.5, 0.6) is 0 Å². The second-order valence-electron chi connectivity index (χ2n) is 5.55. The molecule has 106 valence electrons. The van der Waals surface area contributed by atoms with Crippen molar-refractivity contribution in [2.24, 2.45) is 18.8 Å². The van der Waals surface area contributed by atoms with Crippen LogP contribution in [-0.4, -0.2) is 20.8 Å². The van der Waals surface area contributed by atoms with Crippen molar-refractivity contribution >= 4 is 0 Å². The molecular weight excluding hydrogens is 250 g/mol. The van der Waals surface area contributed by atoms with Gasteiger partial charge in [0.25, 0.3) is 0 Å². The van der Waals surface area contributed by atoms with Gasteiger partial charge in [0.05, 0.1) is 0 Å². The van der Waals surface area contributed by atoms with Gasteiger partial charge in [0.15, 0.2) is 0 Å². The van der Waals surface area contributed by atoms with Crippen LogP contribution in [0.2, 0.25) is 0 Å². The normalized spacial score (nSPS) is 19.6. The molecule has 0 saturated heterocycles. The molecule has 1 heterocycles. The van der Waals surface area contributed by atoms with Crippen molar-refractivity contribution in [3.05, 3.63) is 47.5 Å². The molecular formula is C15H21N5. The smallest absolute Gasteiger partial charge is 0.138 e. The zero-order valence-electron chi connectivity index (χ0n) is 11.8. The van der Waals surface area contributed by atoms with Gasteiger partial charge < -0.3 is 0 Å². The summed E-state index contributed by atoms with van der Waals surface area (Å²) in [6.07, 6.45) is 5.81. The summed E-state index contributed by atoms with van der Waals surface area (Å²) in [4.78, 5) is 4.30. The number of rotatable bonds is 4. The largest absolute Gasteiger partial charge is 0.271 e. The average molecular weight is 271 g/mol. The number of benzene rings is 1. The first-order valence-electron chi connectivity index (χ1n) is 7.13. The number of fused-ring (bicyclic) bond motifs is 1. The van der Waals surface area contributed by atoms with Gasteiger partial charge in [-0.2, -0.15) is 5.10 Å². The maximum Gasteiger partial charge on any atom is 0.138 e. The molecule has 1 aromatic heterocycles. The molecule has 0 bridgehead atoms. The molecule has 2 atom stereocenters. The summed E-state index contributed by atoms with van der Waals surface area (Å²) in [6.45, 7) is 0. The van der Waals surface area contributed by atoms with Gasteiger partial charge in [-0.05, 0) is 36.3 Å². The monoisotopic (exact) mass is 271 g/mol. The number of nitrogens with two attached hydrogens (primary N) is 1. The zero-order chi connectivity index (χ0) is 13.9. The third-order valence-corrected chi connectivity index (χ3v) is 4.38. The molecule has 0 spiro atoms. The third kappa shape index (κ3) is 2.59. The number of hydrogen-bond acceptors (Lipinski definition) is 4. The van der Waals surface area contributed by atoms with Crippen LogP contribution in [0.4, 0.5) is 0 Å². The molecule has 3 rings (SSSR count). The van der Waals surface area contributed by atoms with Crippen LogP contribution in [-0.2, 0) is 26.3 Å². The molecule has 1 aliphatic carbocycles. The lowest BCUT2D eigenvalue weighted by Crippen LogP contribution is -2.44. The fourth-order valence-electron chi connectivity index (χ4n) is 3.13. The van der Waals surface area contributed by atoms with Gasteiger partial charge in [0.1, 0.15) is 12.2 Å². The predicted molar refractivity (Wildman–Crippen MR) is 77.8 cm³/mol. The molecule has 2 aromatic rings. The van der Waals surface area contributed by atoms with Crippen molar-refractivity contribution < 1.29 is 0 Å². The number of aryl methyl sites for hydroxylation is 2. The Hall–Kier alpha value is -1.72. The highest BCUT2D eigenvalue weighted by molar-refractivity contribution is 5.30. The first-order valence-corrected chi connectivity index (χ1v) is 7.13. The predicted octanol–water partition coefficient (Wildman–Crippen LogP) is 0.995. The molecule has 20 heavy (non-hydrogen) atoms. The number of aromatic nitrogens is 3. The maximum atomic E-state index is 5.78. The summed E-state index contributed by atoms with van der Waals surface area (Å²) < 4.78 is 1.82. The fourth-order valence-corrected chi connectivity index (χ4v) is 3.13. The first kappa shape index (κ1) is 13.3. The standard InChI is InChI=1S/C15H21N5/c1-20-15(17-10-18-20)9-14(19-16)13-7-6-11-4-2-3-5-12(11)8-13/h2-5,10,13-14,19H,6-9,16H2,1H3. The molecule has 2 unspecified atom stereocenters. The molecule has 5 heteroatoms. The lowest BCUT2D eigenvalue weighted by molar-refractivity contribution is 0.315. The highest BCUT2D eigenvalue weighted by atomic mass is 15.3. The second kappa shape index (κ2) is 5.73. The Morgan fingerprint density at radius 1 is 1.40 bits per heavy atom. The van der Waals surface area contributed by atoms with Crippen molar-refractivity contribution in [2.75, 3.05) is 0 Å². The Morgan fingerprint density at radius 3 is 2.90 bits per heavy atom. The molecule has 0 fully saturated rings. The summed E-state index contributed by atoms with van der Waals surface area (Å²) in [6, 6.07) is 8.95. The van der Waals surface area contributed by atoms with Gasteiger partial charge >= 0.3 is 0 Å². The Kier molecular flexibility index (Phi) is 3.80. The van der Waals surface area contributed by atoms with Crippen LogP contribution < -0.4 is 11.3 Å². The van der Waals surface area contributed by atoms with Crippen molar-refractivity contribution in [2.45, 2.75) is 31.7 Å². The minimum Gasteiger partial charge on any atom is -0.271 e. The van der Waals surface area contributed by atoms with E-state index in [0.717, 1.165) is 25.1 Å². The quantitative estimate of drug-likeness (QED) is 0.643. The number of nitrogens with one attached hydrogen (secondary N) is 1. The van der Waals surface area contributed by atoms with Gasteiger partial charge in [-0.25, -0.2) is 4.98 Å². The minimum atomic E-state index is 0.242. The van der Waals surface area contributed by atoms with E-state index in [9.17, 15) is 0 Å². The van der Waals surface area contributed by atoms with Gasteiger partial charge in [-0.3, -0.25) is 16.0 Å². The molecule has 0 saturated carbocycles. The van der Waals surface area contributed by atoms with E-state index in [1.165, 1.54) is 17.5 Å². The highest BCUT2D eigenvalue weighted by Crippen LogP contribution is 2.28. The fraction of sp³-hybridized carbons (Fsp3) is 0.467. The molecule has 0 amide bonds. The molecule has 5 nitrogen and oxygen atoms in total. The molecule has 3 N–H and O–H groups in total. The van der Waals surface area contributed by atoms with E-state index in [-0.39, 0.29) is 6.04 Å². The first-order chi connectivity index (χ1) is 9.78. The van der Waals surface area contributed by atoms with E-state index < -0.39 is 0 Å². The Balaban J connectivity index is 1.73. The average Bonchev–Trinajstić information content (AvgIpc) is 2.89. The van der Waals surface area contributed by atoms with Crippen LogP contribution in [0.1, 0.15) is 23.4 Å². The minimum absolute atomic E-state index is 0.242. The number of hydrogen-bond donors (Lipinski definition) is 2. The third-order valence-electron chi connectivity index (χ3n) is 4.38. The van der Waals surface area contributed by atoms with Crippen molar-refractivity contribution in [3.63, 3.8) is 0 Å². The Bertz CT molecular complexity index is 577. The molecule has 0 aliphatic heterocycles. The number of nitrogens with zero attached hydrogens (tertiary/aromatic N) is 3. The summed E-state index contributed by atoms with van der Waals surface area (Å²) in [5.74, 6) is 7.31. The van der Waals surface area contributed by atoms with Crippen molar-refractivity contribution in [1.29, 1.82) is 0 Å². The molecule has 0 radical (unpaired) electrons. The number of hydrazine groups is 1. The van der Waals surface area contributed by atoms with Crippen LogP contribution in [0.15, 0.2) is 30.6 Å². The highest BCUT2D eigenvalue weighted by Gasteiger charge is 2.26. The van der Waals surface area contributed by atoms with Gasteiger partial charge in [-0.15, -0.1) is 0 Å². The molecule has 1 aromatic carbocycles. The van der Waals surface area contributed by atoms with Crippen molar-refractivity contribution in [1.82, 2.24) is 20.2 Å². The van der Waals surface area contributed by atoms with Gasteiger partial charge in [-0.1, -0.05) is 24.3 Å². The molecule has 1 aliphatic rings. The lowest BCUT2D eigenvalue weighted by atomic mass is 9.79. The zero-order valence-corrected chi connectivity index (χ0v) is 11.8. The Morgan fingerprint density at radius 2 is 2.20 bits per heavy atom. The topological polar surface area (TPSA) is 68.8 Å². The summed E-state index contributed by atoms with van der Waals surface area (Å²) in [7, 11) is 1.92. The van der Waals surface area contributed by atoms with Crippen LogP contribution >= 0.6 is 0 Å². The van der Waals surface area contributed by atoms with E-state index in [1.54, 1.807) is 6.33 Å². The van der Waals surface area contributed by atoms with Gasteiger partial charge in [0.2, 0.25) is 0 Å². The van der Waals surface area contributed by atoms with Crippen LogP contribution in [0, 0.1) is 5.92 Å². The maximum absolute atomic E-state index is 5.78. The van der Waals surface area contributed by atoms with E-state index >= 15 is 0 Å².